The predicted molar refractivity (Wildman–Crippen MR) is 66.4 cm³/mol. The van der Waals surface area contributed by atoms with Crippen molar-refractivity contribution in [1.29, 1.82) is 0 Å². The number of ether oxygens (including phenoxy) is 1. The maximum absolute atomic E-state index is 12.0. The summed E-state index contributed by atoms with van der Waals surface area (Å²) in [6.07, 6.45) is 0.607. The van der Waals surface area contributed by atoms with Crippen molar-refractivity contribution in [1.82, 2.24) is 5.32 Å². The molecule has 1 saturated heterocycles. The van der Waals surface area contributed by atoms with E-state index in [-0.39, 0.29) is 18.2 Å². The molecule has 2 N–H and O–H groups in total. The predicted octanol–water partition coefficient (Wildman–Crippen LogP) is 1.42. The van der Waals surface area contributed by atoms with Crippen molar-refractivity contribution in [2.45, 2.75) is 18.9 Å². The van der Waals surface area contributed by atoms with Gasteiger partial charge >= 0.3 is 5.97 Å². The Labute approximate surface area is 109 Å². The van der Waals surface area contributed by atoms with Crippen LogP contribution in [0.25, 0.3) is 0 Å². The van der Waals surface area contributed by atoms with Crippen molar-refractivity contribution in [2.24, 2.45) is 5.92 Å². The molecule has 1 aliphatic heterocycles. The molecule has 6 heteroatoms. The molecule has 0 unspecified atom stereocenters. The number of hydrogen-bond acceptors (Lipinski definition) is 4. The molecule has 0 saturated carbocycles. The summed E-state index contributed by atoms with van der Waals surface area (Å²) in [6.45, 7) is 1.02. The van der Waals surface area contributed by atoms with Gasteiger partial charge in [-0.3, -0.25) is 9.59 Å². The Hall–Kier alpha value is -1.40. The second-order valence-electron chi connectivity index (χ2n) is 4.23. The van der Waals surface area contributed by atoms with E-state index in [4.69, 9.17) is 9.84 Å². The molecule has 0 spiro atoms. The Morgan fingerprint density at radius 1 is 1.61 bits per heavy atom. The van der Waals surface area contributed by atoms with Crippen molar-refractivity contribution in [2.75, 3.05) is 13.2 Å². The highest BCUT2D eigenvalue weighted by atomic mass is 32.1. The highest BCUT2D eigenvalue weighted by Gasteiger charge is 2.27. The summed E-state index contributed by atoms with van der Waals surface area (Å²) in [4.78, 5) is 23.7. The summed E-state index contributed by atoms with van der Waals surface area (Å²) in [6, 6.07) is 3.24. The Balaban J connectivity index is 2.00. The molecule has 1 fully saturated rings. The number of thiophene rings is 1. The lowest BCUT2D eigenvalue weighted by atomic mass is 10.1. The van der Waals surface area contributed by atoms with Gasteiger partial charge in [0.15, 0.2) is 0 Å². The Kier molecular flexibility index (Phi) is 4.33. The first-order valence-electron chi connectivity index (χ1n) is 5.80. The van der Waals surface area contributed by atoms with Crippen molar-refractivity contribution in [3.63, 3.8) is 0 Å². The number of carboxylic acid groups (broad SMARTS) is 1. The standard InChI is InChI=1S/C12H15NO4S/c14-11(15)6-9(10-2-1-5-18-10)13-12(16)8-3-4-17-7-8/h1-2,5,8-9H,3-4,6-7H2,(H,13,16)(H,14,15)/t8-,9-/m0/s1. The van der Waals surface area contributed by atoms with E-state index in [1.807, 2.05) is 17.5 Å². The number of carbonyl (C=O) groups excluding carboxylic acids is 1. The third-order valence-electron chi connectivity index (χ3n) is 2.88. The molecule has 18 heavy (non-hydrogen) atoms. The van der Waals surface area contributed by atoms with Gasteiger partial charge in [-0.1, -0.05) is 6.07 Å². The normalized spacial score (nSPS) is 20.6. The highest BCUT2D eigenvalue weighted by molar-refractivity contribution is 7.10. The Morgan fingerprint density at radius 3 is 3.00 bits per heavy atom. The van der Waals surface area contributed by atoms with Crippen LogP contribution in [0.1, 0.15) is 23.8 Å². The first kappa shape index (κ1) is 13.0. The summed E-state index contributed by atoms with van der Waals surface area (Å²) in [5, 5.41) is 13.6. The molecule has 5 nitrogen and oxygen atoms in total. The molecule has 1 amide bonds. The van der Waals surface area contributed by atoms with Crippen LogP contribution in [0.15, 0.2) is 17.5 Å². The minimum Gasteiger partial charge on any atom is -0.481 e. The van der Waals surface area contributed by atoms with Crippen LogP contribution in [-0.4, -0.2) is 30.2 Å². The number of aliphatic carboxylic acids is 1. The quantitative estimate of drug-likeness (QED) is 0.847. The van der Waals surface area contributed by atoms with Gasteiger partial charge in [0.2, 0.25) is 5.91 Å². The van der Waals surface area contributed by atoms with Gasteiger partial charge in [0.05, 0.1) is 25.0 Å². The van der Waals surface area contributed by atoms with Crippen LogP contribution in [0.2, 0.25) is 0 Å². The maximum Gasteiger partial charge on any atom is 0.305 e. The minimum atomic E-state index is -0.920. The van der Waals surface area contributed by atoms with E-state index in [9.17, 15) is 9.59 Å². The number of amides is 1. The van der Waals surface area contributed by atoms with Gasteiger partial charge in [-0.05, 0) is 17.9 Å². The molecule has 98 valence electrons. The van der Waals surface area contributed by atoms with Crippen LogP contribution in [0.5, 0.6) is 0 Å². The monoisotopic (exact) mass is 269 g/mol. The van der Waals surface area contributed by atoms with Crippen molar-refractivity contribution < 1.29 is 19.4 Å². The van der Waals surface area contributed by atoms with Crippen molar-refractivity contribution in [3.05, 3.63) is 22.4 Å². The molecule has 2 heterocycles. The molecule has 0 radical (unpaired) electrons. The van der Waals surface area contributed by atoms with Gasteiger partial charge < -0.3 is 15.2 Å². The first-order chi connectivity index (χ1) is 8.66. The SMILES string of the molecule is O=C(O)C[C@H](NC(=O)[C@H]1CCOC1)c1cccs1. The average Bonchev–Trinajstić information content (AvgIpc) is 3.01. The number of carbonyl (C=O) groups is 2. The number of carboxylic acids is 1. The zero-order valence-electron chi connectivity index (χ0n) is 9.80. The zero-order chi connectivity index (χ0) is 13.0. The van der Waals surface area contributed by atoms with E-state index in [2.05, 4.69) is 5.32 Å². The number of nitrogens with one attached hydrogen (secondary N) is 1. The Bertz CT molecular complexity index is 412. The van der Waals surface area contributed by atoms with Gasteiger partial charge in [-0.25, -0.2) is 0 Å². The molecule has 2 rings (SSSR count). The molecule has 0 aliphatic carbocycles. The molecule has 1 aromatic heterocycles. The third kappa shape index (κ3) is 3.30. The maximum atomic E-state index is 12.0. The Morgan fingerprint density at radius 2 is 2.44 bits per heavy atom. The summed E-state index contributed by atoms with van der Waals surface area (Å²) in [7, 11) is 0. The van der Waals surface area contributed by atoms with Crippen LogP contribution in [0.3, 0.4) is 0 Å². The molecule has 1 aromatic rings. The van der Waals surface area contributed by atoms with Gasteiger partial charge in [0.1, 0.15) is 0 Å². The van der Waals surface area contributed by atoms with Crippen LogP contribution >= 0.6 is 11.3 Å². The van der Waals surface area contributed by atoms with Gasteiger partial charge in [0, 0.05) is 11.5 Å². The molecular weight excluding hydrogens is 254 g/mol. The van der Waals surface area contributed by atoms with E-state index in [1.54, 1.807) is 0 Å². The molecule has 0 bridgehead atoms. The third-order valence-corrected chi connectivity index (χ3v) is 3.87. The average molecular weight is 269 g/mol. The van der Waals surface area contributed by atoms with Crippen LogP contribution < -0.4 is 5.32 Å². The summed E-state index contributed by atoms with van der Waals surface area (Å²) < 4.78 is 5.16. The smallest absolute Gasteiger partial charge is 0.305 e. The number of rotatable bonds is 5. The fourth-order valence-electron chi connectivity index (χ4n) is 1.92. The highest BCUT2D eigenvalue weighted by Crippen LogP contribution is 2.23. The van der Waals surface area contributed by atoms with E-state index in [1.165, 1.54) is 11.3 Å². The molecule has 1 aliphatic rings. The minimum absolute atomic E-state index is 0.0974. The van der Waals surface area contributed by atoms with Gasteiger partial charge in [-0.2, -0.15) is 0 Å². The van der Waals surface area contributed by atoms with Crippen LogP contribution in [-0.2, 0) is 14.3 Å². The van der Waals surface area contributed by atoms with Gasteiger partial charge in [-0.15, -0.1) is 11.3 Å². The second kappa shape index (κ2) is 5.97. The summed E-state index contributed by atoms with van der Waals surface area (Å²) >= 11 is 1.45. The van der Waals surface area contributed by atoms with E-state index >= 15 is 0 Å². The van der Waals surface area contributed by atoms with Crippen LogP contribution in [0.4, 0.5) is 0 Å². The van der Waals surface area contributed by atoms with Crippen molar-refractivity contribution >= 4 is 23.2 Å². The molecule has 0 aromatic carbocycles. The van der Waals surface area contributed by atoms with Gasteiger partial charge in [0.25, 0.3) is 0 Å². The largest absolute Gasteiger partial charge is 0.481 e. The lowest BCUT2D eigenvalue weighted by Crippen LogP contribution is -2.35. The lowest BCUT2D eigenvalue weighted by Gasteiger charge is -2.17. The summed E-state index contributed by atoms with van der Waals surface area (Å²) in [5.41, 5.74) is 0. The first-order valence-corrected chi connectivity index (χ1v) is 6.68. The fraction of sp³-hybridized carbons (Fsp3) is 0.500. The summed E-state index contributed by atoms with van der Waals surface area (Å²) in [5.74, 6) is -1.19. The van der Waals surface area contributed by atoms with Crippen molar-refractivity contribution in [3.8, 4) is 0 Å². The van der Waals surface area contributed by atoms with E-state index in [0.717, 1.165) is 4.88 Å². The zero-order valence-corrected chi connectivity index (χ0v) is 10.6. The fourth-order valence-corrected chi connectivity index (χ4v) is 2.70. The molecular formula is C12H15NO4S. The molecule has 2 atom stereocenters. The van der Waals surface area contributed by atoms with E-state index in [0.29, 0.717) is 19.6 Å². The number of hydrogen-bond donors (Lipinski definition) is 2. The lowest BCUT2D eigenvalue weighted by molar-refractivity contribution is -0.137. The topological polar surface area (TPSA) is 75.6 Å². The van der Waals surface area contributed by atoms with Crippen LogP contribution in [0, 0.1) is 5.92 Å². The van der Waals surface area contributed by atoms with E-state index < -0.39 is 12.0 Å². The second-order valence-corrected chi connectivity index (χ2v) is 5.21.